The first-order chi connectivity index (χ1) is 20.1. The van der Waals surface area contributed by atoms with Crippen LogP contribution in [0.3, 0.4) is 0 Å². The minimum atomic E-state index is -0.169. The van der Waals surface area contributed by atoms with Gasteiger partial charge in [0.1, 0.15) is 0 Å². The molecule has 0 bridgehead atoms. The standard InChI is InChI=1S/C38H29N3/c1-38(2)31-18-10-9-17-29(31)30-21-23-34-37(36(30)38)41(28-15-7-4-8-16-28)33-22-20-26(32-19-11-12-24-39-32)25-35(33)40(34)27-13-5-3-6-14-27/h3-25H,1-2H3. The van der Waals surface area contributed by atoms with Crippen LogP contribution in [0.2, 0.25) is 0 Å². The molecule has 196 valence electrons. The topological polar surface area (TPSA) is 19.4 Å². The smallest absolute Gasteiger partial charge is 0.0750 e. The summed E-state index contributed by atoms with van der Waals surface area (Å²) >= 11 is 0. The first-order valence-electron chi connectivity index (χ1n) is 14.2. The van der Waals surface area contributed by atoms with Crippen molar-refractivity contribution >= 4 is 34.1 Å². The predicted molar refractivity (Wildman–Crippen MR) is 170 cm³/mol. The van der Waals surface area contributed by atoms with E-state index in [1.165, 1.54) is 33.6 Å². The second-order valence-corrected chi connectivity index (χ2v) is 11.3. The summed E-state index contributed by atoms with van der Waals surface area (Å²) in [6.45, 7) is 4.74. The molecule has 0 fully saturated rings. The number of fused-ring (bicyclic) bond motifs is 6. The molecular weight excluding hydrogens is 498 g/mol. The molecule has 0 unspecified atom stereocenters. The van der Waals surface area contributed by atoms with E-state index in [-0.39, 0.29) is 5.41 Å². The van der Waals surface area contributed by atoms with Crippen molar-refractivity contribution in [1.82, 2.24) is 4.98 Å². The molecule has 6 aromatic rings. The Hall–Kier alpha value is -5.15. The van der Waals surface area contributed by atoms with E-state index in [4.69, 9.17) is 0 Å². The molecule has 0 amide bonds. The number of hydrogen-bond acceptors (Lipinski definition) is 3. The van der Waals surface area contributed by atoms with Gasteiger partial charge in [0.05, 0.1) is 28.4 Å². The van der Waals surface area contributed by atoms with Gasteiger partial charge in [-0.05, 0) is 76.9 Å². The quantitative estimate of drug-likeness (QED) is 0.228. The molecule has 8 rings (SSSR count). The van der Waals surface area contributed by atoms with Crippen LogP contribution in [0, 0.1) is 0 Å². The summed E-state index contributed by atoms with van der Waals surface area (Å²) in [6, 6.07) is 47.9. The van der Waals surface area contributed by atoms with Crippen LogP contribution in [0.15, 0.2) is 140 Å². The highest BCUT2D eigenvalue weighted by molar-refractivity contribution is 6.06. The van der Waals surface area contributed by atoms with Crippen molar-refractivity contribution in [3.8, 4) is 22.4 Å². The molecule has 0 saturated heterocycles. The molecule has 41 heavy (non-hydrogen) atoms. The average Bonchev–Trinajstić information content (AvgIpc) is 3.27. The van der Waals surface area contributed by atoms with Crippen LogP contribution >= 0.6 is 0 Å². The second kappa shape index (κ2) is 8.94. The van der Waals surface area contributed by atoms with Crippen LogP contribution in [-0.4, -0.2) is 4.98 Å². The van der Waals surface area contributed by atoms with Crippen molar-refractivity contribution < 1.29 is 0 Å². The Morgan fingerprint density at radius 2 is 1.20 bits per heavy atom. The Bertz CT molecular complexity index is 1910. The van der Waals surface area contributed by atoms with E-state index in [1.807, 2.05) is 18.3 Å². The summed E-state index contributed by atoms with van der Waals surface area (Å²) in [5, 5.41) is 0. The Kier molecular flexibility index (Phi) is 5.17. The molecule has 1 aliphatic carbocycles. The molecule has 2 aliphatic rings. The van der Waals surface area contributed by atoms with Crippen LogP contribution in [0.1, 0.15) is 25.0 Å². The highest BCUT2D eigenvalue weighted by Crippen LogP contribution is 2.62. The van der Waals surface area contributed by atoms with E-state index < -0.39 is 0 Å². The van der Waals surface area contributed by atoms with Crippen molar-refractivity contribution in [2.45, 2.75) is 19.3 Å². The third-order valence-corrected chi connectivity index (χ3v) is 8.58. The Labute approximate surface area is 241 Å². The summed E-state index contributed by atoms with van der Waals surface area (Å²) in [5.41, 5.74) is 14.2. The van der Waals surface area contributed by atoms with Gasteiger partial charge in [-0.25, -0.2) is 0 Å². The number of hydrogen-bond donors (Lipinski definition) is 0. The molecule has 1 aliphatic heterocycles. The third kappa shape index (κ3) is 3.49. The zero-order valence-corrected chi connectivity index (χ0v) is 23.1. The fraction of sp³-hybridized carbons (Fsp3) is 0.0789. The maximum absolute atomic E-state index is 4.67. The zero-order chi connectivity index (χ0) is 27.6. The van der Waals surface area contributed by atoms with Gasteiger partial charge >= 0.3 is 0 Å². The Morgan fingerprint density at radius 3 is 1.93 bits per heavy atom. The van der Waals surface area contributed by atoms with Gasteiger partial charge in [0.15, 0.2) is 0 Å². The first-order valence-corrected chi connectivity index (χ1v) is 14.2. The van der Waals surface area contributed by atoms with Gasteiger partial charge in [-0.1, -0.05) is 92.7 Å². The third-order valence-electron chi connectivity index (χ3n) is 8.58. The number of anilines is 6. The van der Waals surface area contributed by atoms with Gasteiger partial charge in [0.25, 0.3) is 0 Å². The number of nitrogens with zero attached hydrogens (tertiary/aromatic N) is 3. The van der Waals surface area contributed by atoms with E-state index in [1.54, 1.807) is 0 Å². The zero-order valence-electron chi connectivity index (χ0n) is 23.1. The molecular formula is C38H29N3. The second-order valence-electron chi connectivity index (χ2n) is 11.3. The molecule has 0 radical (unpaired) electrons. The maximum atomic E-state index is 4.67. The molecule has 3 heteroatoms. The van der Waals surface area contributed by atoms with Crippen molar-refractivity contribution in [2.75, 3.05) is 9.80 Å². The van der Waals surface area contributed by atoms with E-state index in [0.29, 0.717) is 0 Å². The van der Waals surface area contributed by atoms with Crippen molar-refractivity contribution in [3.05, 3.63) is 151 Å². The van der Waals surface area contributed by atoms with Gasteiger partial charge < -0.3 is 9.80 Å². The largest absolute Gasteiger partial charge is 0.306 e. The van der Waals surface area contributed by atoms with Gasteiger partial charge in [-0.15, -0.1) is 0 Å². The molecule has 0 saturated carbocycles. The van der Waals surface area contributed by atoms with Crippen LogP contribution in [-0.2, 0) is 5.41 Å². The number of rotatable bonds is 3. The minimum absolute atomic E-state index is 0.169. The molecule has 0 N–H and O–H groups in total. The summed E-state index contributed by atoms with van der Waals surface area (Å²) < 4.78 is 0. The molecule has 5 aromatic carbocycles. The van der Waals surface area contributed by atoms with Crippen LogP contribution in [0.5, 0.6) is 0 Å². The Balaban J connectivity index is 1.48. The highest BCUT2D eigenvalue weighted by Gasteiger charge is 2.43. The SMILES string of the molecule is CC1(C)c2ccccc2-c2ccc3c(c21)N(c1ccccc1)c1ccc(-c2ccccn2)cc1N3c1ccccc1. The number of aromatic nitrogens is 1. The lowest BCUT2D eigenvalue weighted by Crippen LogP contribution is -2.28. The summed E-state index contributed by atoms with van der Waals surface area (Å²) in [7, 11) is 0. The summed E-state index contributed by atoms with van der Waals surface area (Å²) in [6.07, 6.45) is 1.86. The Morgan fingerprint density at radius 1 is 0.537 bits per heavy atom. The lowest BCUT2D eigenvalue weighted by atomic mass is 9.80. The molecule has 2 heterocycles. The monoisotopic (exact) mass is 527 g/mol. The van der Waals surface area contributed by atoms with Crippen LogP contribution in [0.25, 0.3) is 22.4 Å². The average molecular weight is 528 g/mol. The molecule has 3 nitrogen and oxygen atoms in total. The fourth-order valence-corrected chi connectivity index (χ4v) is 6.78. The molecule has 0 spiro atoms. The fourth-order valence-electron chi connectivity index (χ4n) is 6.78. The van der Waals surface area contributed by atoms with Gasteiger partial charge in [0, 0.05) is 28.6 Å². The van der Waals surface area contributed by atoms with Gasteiger partial charge in [-0.3, -0.25) is 4.98 Å². The van der Waals surface area contributed by atoms with Crippen molar-refractivity contribution in [2.24, 2.45) is 0 Å². The highest BCUT2D eigenvalue weighted by atomic mass is 15.3. The number of benzene rings is 5. The summed E-state index contributed by atoms with van der Waals surface area (Å²) in [4.78, 5) is 9.57. The van der Waals surface area contributed by atoms with E-state index in [2.05, 4.69) is 150 Å². The minimum Gasteiger partial charge on any atom is -0.306 e. The van der Waals surface area contributed by atoms with E-state index in [0.717, 1.165) is 34.0 Å². The first kappa shape index (κ1) is 23.7. The van der Waals surface area contributed by atoms with Crippen molar-refractivity contribution in [1.29, 1.82) is 0 Å². The lowest BCUT2D eigenvalue weighted by molar-refractivity contribution is 0.660. The van der Waals surface area contributed by atoms with E-state index >= 15 is 0 Å². The normalized spacial score (nSPS) is 14.2. The van der Waals surface area contributed by atoms with Crippen molar-refractivity contribution in [3.63, 3.8) is 0 Å². The van der Waals surface area contributed by atoms with E-state index in [9.17, 15) is 0 Å². The van der Waals surface area contributed by atoms with Gasteiger partial charge in [0.2, 0.25) is 0 Å². The predicted octanol–water partition coefficient (Wildman–Crippen LogP) is 10.3. The van der Waals surface area contributed by atoms with Crippen LogP contribution in [0.4, 0.5) is 34.1 Å². The summed E-state index contributed by atoms with van der Waals surface area (Å²) in [5.74, 6) is 0. The lowest BCUT2D eigenvalue weighted by Gasteiger charge is -2.43. The van der Waals surface area contributed by atoms with Gasteiger partial charge in [-0.2, -0.15) is 0 Å². The number of pyridine rings is 1. The van der Waals surface area contributed by atoms with Crippen LogP contribution < -0.4 is 9.80 Å². The number of para-hydroxylation sites is 2. The molecule has 0 atom stereocenters. The maximum Gasteiger partial charge on any atom is 0.0750 e. The molecule has 1 aromatic heterocycles.